The molecule has 0 spiro atoms. The number of aliphatic hydroxyl groups excluding tert-OH is 1. The number of nitrogens with two attached hydrogens (primary N) is 1. The van der Waals surface area contributed by atoms with E-state index in [0.29, 0.717) is 70.3 Å². The van der Waals surface area contributed by atoms with E-state index in [2.05, 4.69) is 58.6 Å². The average Bonchev–Trinajstić information content (AvgIpc) is 3.07. The Balaban J connectivity index is 1.67. The molecule has 0 aliphatic heterocycles. The Morgan fingerprint density at radius 1 is 0.917 bits per heavy atom. The highest BCUT2D eigenvalue weighted by Gasteiger charge is 2.18. The molecule has 4 aromatic rings. The standard InChI is InChI=1S/C24H25ClN8O11S4/c1-33(4-6-45-7-5-34)24-29-22(25)28-23(30-24)27-13-2-3-15(17(10-13)47-43-40-37)31-32-21-19-12(9-18(20(21)26)48-44-41-38)8-14(11-16(19)35)46-42-39-36/h2-3,8-11,34-38H,4-7,26H2,1H3,(H,27,28,29,30). The van der Waals surface area contributed by atoms with Gasteiger partial charge >= 0.3 is 0 Å². The molecule has 4 rings (SSSR count). The van der Waals surface area contributed by atoms with Gasteiger partial charge in [0.15, 0.2) is 0 Å². The fraction of sp³-hybridized carbons (Fsp3) is 0.208. The lowest BCUT2D eigenvalue weighted by molar-refractivity contribution is -0.432. The van der Waals surface area contributed by atoms with E-state index in [1.807, 2.05) is 0 Å². The van der Waals surface area contributed by atoms with Gasteiger partial charge in [0, 0.05) is 35.7 Å². The first-order valence-electron chi connectivity index (χ1n) is 13.0. The van der Waals surface area contributed by atoms with Gasteiger partial charge in [0.05, 0.1) is 63.6 Å². The smallest absolute Gasteiger partial charge is 0.233 e. The maximum atomic E-state index is 10.9. The van der Waals surface area contributed by atoms with Gasteiger partial charge in [-0.3, -0.25) is 0 Å². The van der Waals surface area contributed by atoms with E-state index in [0.717, 1.165) is 5.75 Å². The molecule has 0 unspecified atom stereocenters. The molecule has 0 saturated carbocycles. The number of benzene rings is 3. The van der Waals surface area contributed by atoms with Crippen LogP contribution in [0.25, 0.3) is 10.8 Å². The zero-order valence-electron chi connectivity index (χ0n) is 24.2. The van der Waals surface area contributed by atoms with Gasteiger partial charge in [-0.1, -0.05) is 15.1 Å². The van der Waals surface area contributed by atoms with Gasteiger partial charge in [0.2, 0.25) is 17.2 Å². The van der Waals surface area contributed by atoms with Crippen LogP contribution in [0.15, 0.2) is 61.3 Å². The lowest BCUT2D eigenvalue weighted by Gasteiger charge is -2.17. The topological polar surface area (TPSA) is 261 Å². The Labute approximate surface area is 292 Å². The second-order valence-corrected chi connectivity index (χ2v) is 12.7. The Bertz CT molecular complexity index is 1720. The normalized spacial score (nSPS) is 11.5. The van der Waals surface area contributed by atoms with Crippen LogP contribution in [-0.4, -0.2) is 72.6 Å². The summed E-state index contributed by atoms with van der Waals surface area (Å²) in [5.74, 6) is 1.53. The fourth-order valence-corrected chi connectivity index (χ4v) is 6.13. The number of thioether (sulfide) groups is 1. The number of azo groups is 1. The monoisotopic (exact) mass is 764 g/mol. The molecule has 258 valence electrons. The number of anilines is 4. The molecular weight excluding hydrogens is 740 g/mol. The Morgan fingerprint density at radius 2 is 1.65 bits per heavy atom. The highest BCUT2D eigenvalue weighted by molar-refractivity contribution is 7.99. The van der Waals surface area contributed by atoms with Crippen LogP contribution in [0.1, 0.15) is 0 Å². The third-order valence-corrected chi connectivity index (χ3v) is 8.80. The van der Waals surface area contributed by atoms with E-state index in [1.54, 1.807) is 48.0 Å². The molecule has 0 aliphatic carbocycles. The van der Waals surface area contributed by atoms with Crippen molar-refractivity contribution in [1.29, 1.82) is 0 Å². The van der Waals surface area contributed by atoms with E-state index in [1.165, 1.54) is 12.1 Å². The molecule has 19 nitrogen and oxygen atoms in total. The number of nitrogens with one attached hydrogen (secondary N) is 1. The number of aromatic nitrogens is 3. The van der Waals surface area contributed by atoms with Gasteiger partial charge in [0.25, 0.3) is 0 Å². The van der Waals surface area contributed by atoms with Crippen molar-refractivity contribution < 1.29 is 54.1 Å². The van der Waals surface area contributed by atoms with E-state index in [9.17, 15) is 5.11 Å². The maximum Gasteiger partial charge on any atom is 0.233 e. The highest BCUT2D eigenvalue weighted by Crippen LogP contribution is 2.46. The minimum absolute atomic E-state index is 0.000790. The van der Waals surface area contributed by atoms with Crippen molar-refractivity contribution in [1.82, 2.24) is 15.0 Å². The number of phenols is 1. The third kappa shape index (κ3) is 10.5. The summed E-state index contributed by atoms with van der Waals surface area (Å²) in [6.45, 7) is 0.686. The van der Waals surface area contributed by atoms with Crippen LogP contribution in [0.3, 0.4) is 0 Å². The minimum atomic E-state index is -0.274. The van der Waals surface area contributed by atoms with Gasteiger partial charge in [0.1, 0.15) is 17.1 Å². The number of rotatable bonds is 19. The summed E-state index contributed by atoms with van der Waals surface area (Å²) >= 11 is 9.50. The van der Waals surface area contributed by atoms with Crippen LogP contribution >= 0.6 is 59.5 Å². The molecule has 0 radical (unpaired) electrons. The zero-order valence-corrected chi connectivity index (χ0v) is 28.3. The largest absolute Gasteiger partial charge is 0.507 e. The fourth-order valence-electron chi connectivity index (χ4n) is 3.85. The SMILES string of the molecule is CN(CCSCCO)c1nc(Cl)nc(Nc2ccc(N=Nc3c(N)c(SOOO)cc4cc(SOOO)cc(O)c34)c(SOOO)c2)n1. The lowest BCUT2D eigenvalue weighted by atomic mass is 10.1. The van der Waals surface area contributed by atoms with Gasteiger partial charge in [-0.2, -0.15) is 26.7 Å². The van der Waals surface area contributed by atoms with Crippen LogP contribution in [0, 0.1) is 0 Å². The number of halogens is 1. The molecule has 24 heteroatoms. The zero-order chi connectivity index (χ0) is 34.5. The first kappa shape index (κ1) is 37.8. The van der Waals surface area contributed by atoms with E-state index < -0.39 is 0 Å². The number of hydrogen-bond donors (Lipinski definition) is 7. The lowest BCUT2D eigenvalue weighted by Crippen LogP contribution is -2.23. The van der Waals surface area contributed by atoms with Gasteiger partial charge in [-0.25, -0.2) is 15.8 Å². The average molecular weight is 765 g/mol. The first-order valence-corrected chi connectivity index (χ1v) is 16.7. The quantitative estimate of drug-likeness (QED) is 0.0133. The van der Waals surface area contributed by atoms with Crippen LogP contribution < -0.4 is 16.0 Å². The number of nitrogens with zero attached hydrogens (tertiary/aromatic N) is 6. The number of nitrogen functional groups attached to an aromatic ring is 1. The van der Waals surface area contributed by atoms with E-state index in [-0.39, 0.29) is 55.8 Å². The van der Waals surface area contributed by atoms with Crippen LogP contribution in [0.2, 0.25) is 5.28 Å². The van der Waals surface area contributed by atoms with Gasteiger partial charge in [-0.15, -0.1) is 23.2 Å². The number of hydrogen-bond acceptors (Lipinski definition) is 23. The highest BCUT2D eigenvalue weighted by atomic mass is 35.5. The van der Waals surface area contributed by atoms with Crippen molar-refractivity contribution in [2.45, 2.75) is 14.7 Å². The summed E-state index contributed by atoms with van der Waals surface area (Å²) in [4.78, 5) is 15.3. The summed E-state index contributed by atoms with van der Waals surface area (Å²) in [5.41, 5.74) is 7.00. The summed E-state index contributed by atoms with van der Waals surface area (Å²) in [6.07, 6.45) is 0. The van der Waals surface area contributed by atoms with Crippen LogP contribution in [0.5, 0.6) is 5.75 Å². The van der Waals surface area contributed by atoms with Crippen molar-refractivity contribution in [2.24, 2.45) is 10.2 Å². The van der Waals surface area contributed by atoms with E-state index >= 15 is 0 Å². The van der Waals surface area contributed by atoms with Crippen molar-refractivity contribution in [3.8, 4) is 5.75 Å². The predicted molar refractivity (Wildman–Crippen MR) is 178 cm³/mol. The maximum absolute atomic E-state index is 10.9. The molecule has 0 saturated heterocycles. The first-order chi connectivity index (χ1) is 23.3. The number of fused-ring (bicyclic) bond motifs is 1. The predicted octanol–water partition coefficient (Wildman–Crippen LogP) is 6.57. The van der Waals surface area contributed by atoms with Gasteiger partial charge < -0.3 is 26.2 Å². The molecular formula is C24H25ClN8O11S4. The molecule has 3 aromatic carbocycles. The van der Waals surface area contributed by atoms with Crippen LogP contribution in [-0.2, 0) is 28.1 Å². The summed E-state index contributed by atoms with van der Waals surface area (Å²) in [7, 11) is 1.80. The molecule has 0 bridgehead atoms. The Hall–Kier alpha value is -2.98. The molecule has 48 heavy (non-hydrogen) atoms. The summed E-state index contributed by atoms with van der Waals surface area (Å²) < 4.78 is 13.7. The molecule has 8 N–H and O–H groups in total. The van der Waals surface area contributed by atoms with Crippen molar-refractivity contribution >= 4 is 105 Å². The van der Waals surface area contributed by atoms with Crippen molar-refractivity contribution in [3.63, 3.8) is 0 Å². The Kier molecular flexibility index (Phi) is 15.2. The molecule has 0 aliphatic rings. The summed E-state index contributed by atoms with van der Waals surface area (Å²) in [5, 5.41) is 69.0. The summed E-state index contributed by atoms with van der Waals surface area (Å²) in [6, 6.07) is 9.11. The van der Waals surface area contributed by atoms with E-state index in [4.69, 9.17) is 38.2 Å². The molecule has 0 atom stereocenters. The molecule has 0 amide bonds. The molecule has 0 fully saturated rings. The van der Waals surface area contributed by atoms with Crippen molar-refractivity contribution in [2.75, 3.05) is 47.7 Å². The number of phenolic OH excluding ortho intramolecular Hbond substituents is 1. The van der Waals surface area contributed by atoms with Crippen molar-refractivity contribution in [3.05, 3.63) is 41.7 Å². The second-order valence-electron chi connectivity index (χ2n) is 8.85. The number of aliphatic hydroxyl groups is 1. The second kappa shape index (κ2) is 19.3. The van der Waals surface area contributed by atoms with Crippen LogP contribution in [0.4, 0.5) is 34.6 Å². The molecule has 1 aromatic heterocycles. The minimum Gasteiger partial charge on any atom is -0.507 e. The molecule has 1 heterocycles. The third-order valence-electron chi connectivity index (χ3n) is 5.85. The Morgan fingerprint density at radius 3 is 2.38 bits per heavy atom. The number of aromatic hydroxyl groups is 1. The van der Waals surface area contributed by atoms with Gasteiger partial charge in [-0.05, 0) is 53.4 Å².